The van der Waals surface area contributed by atoms with Gasteiger partial charge in [0.2, 0.25) is 0 Å². The third-order valence-corrected chi connectivity index (χ3v) is 5.93. The number of rotatable bonds is 10. The van der Waals surface area contributed by atoms with Crippen LogP contribution in [0.2, 0.25) is 5.02 Å². The molecule has 198 valence electrons. The number of nitrogens with one attached hydrogen (secondary N) is 1. The van der Waals surface area contributed by atoms with Gasteiger partial charge < -0.3 is 24.8 Å². The Kier molecular flexibility index (Phi) is 8.88. The molecule has 3 aromatic rings. The first-order valence-electron chi connectivity index (χ1n) is 11.3. The number of imidazole rings is 1. The van der Waals surface area contributed by atoms with E-state index in [4.69, 9.17) is 16.3 Å². The molecule has 3 N–H and O–H groups in total. The predicted molar refractivity (Wildman–Crippen MR) is 135 cm³/mol. The van der Waals surface area contributed by atoms with Gasteiger partial charge in [0.05, 0.1) is 10.7 Å². The fourth-order valence-corrected chi connectivity index (χ4v) is 3.84. The van der Waals surface area contributed by atoms with Gasteiger partial charge in [-0.3, -0.25) is 4.79 Å². The van der Waals surface area contributed by atoms with Gasteiger partial charge in [-0.05, 0) is 43.5 Å². The van der Waals surface area contributed by atoms with Crippen LogP contribution in [0.4, 0.5) is 13.2 Å². The fraction of sp³-hybridized carbons (Fsp3) is 0.308. The minimum absolute atomic E-state index is 0.125. The van der Waals surface area contributed by atoms with Crippen molar-refractivity contribution in [3.8, 4) is 17.0 Å². The minimum Gasteiger partial charge on any atom is -0.505 e. The summed E-state index contributed by atoms with van der Waals surface area (Å²) in [4.78, 5) is 17.1. The Morgan fingerprint density at radius 3 is 2.46 bits per heavy atom. The number of amides is 1. The van der Waals surface area contributed by atoms with E-state index < -0.39 is 24.2 Å². The molecule has 1 heterocycles. The normalized spacial score (nSPS) is 13.2. The molecular weight excluding hydrogens is 511 g/mol. The van der Waals surface area contributed by atoms with Gasteiger partial charge in [-0.1, -0.05) is 42.4 Å². The Bertz CT molecular complexity index is 1260. The molecule has 1 aromatic heterocycles. The Morgan fingerprint density at radius 1 is 1.24 bits per heavy atom. The molecule has 0 radical (unpaired) electrons. The van der Waals surface area contributed by atoms with Crippen molar-refractivity contribution in [1.82, 2.24) is 14.9 Å². The van der Waals surface area contributed by atoms with Crippen LogP contribution in [0, 0.1) is 0 Å². The van der Waals surface area contributed by atoms with Crippen LogP contribution in [0.5, 0.6) is 5.75 Å². The van der Waals surface area contributed by atoms with Crippen LogP contribution in [0.3, 0.4) is 0 Å². The van der Waals surface area contributed by atoms with Crippen molar-refractivity contribution in [2.75, 3.05) is 6.61 Å². The molecule has 2 aromatic carbocycles. The number of aromatic nitrogens is 2. The molecule has 3 rings (SSSR count). The zero-order valence-corrected chi connectivity index (χ0v) is 21.0. The number of hydrogen-bond acceptors (Lipinski definition) is 5. The van der Waals surface area contributed by atoms with Crippen LogP contribution in [-0.4, -0.2) is 50.6 Å². The quantitative estimate of drug-likeness (QED) is 0.304. The van der Waals surface area contributed by atoms with E-state index >= 15 is 0 Å². The lowest BCUT2D eigenvalue weighted by Crippen LogP contribution is -2.37. The highest BCUT2D eigenvalue weighted by Crippen LogP contribution is 2.31. The number of alkyl halides is 3. The van der Waals surface area contributed by atoms with Gasteiger partial charge in [-0.2, -0.15) is 13.2 Å². The van der Waals surface area contributed by atoms with Crippen LogP contribution in [0.15, 0.2) is 55.2 Å². The number of aliphatic hydroxyl groups is 2. The van der Waals surface area contributed by atoms with E-state index in [0.29, 0.717) is 17.9 Å². The summed E-state index contributed by atoms with van der Waals surface area (Å²) < 4.78 is 44.8. The SMILES string of the molecule is C=C(O)c1nc(-c2ccc(C[C@@H](CCO)NC(=O)c3ccc(OC(C)C(F)(F)F)c(Cl)c3)cc2)cn1C. The molecule has 0 aliphatic rings. The summed E-state index contributed by atoms with van der Waals surface area (Å²) in [6.45, 7) is 4.20. The van der Waals surface area contributed by atoms with Crippen LogP contribution in [0.25, 0.3) is 17.0 Å². The standard InChI is InChI=1S/C26H27ClF3N3O4/c1-15(35)24-32-22(14-33(24)3)18-6-4-17(5-7-18)12-20(10-11-34)31-25(36)19-8-9-23(21(27)13-19)37-16(2)26(28,29)30/h4-9,13-14,16,20,34-35H,1,10-12H2,2-3H3,(H,31,36)/t16?,20-/m1/s1. The van der Waals surface area contributed by atoms with Crippen molar-refractivity contribution < 1.29 is 32.9 Å². The average Bonchev–Trinajstić information content (AvgIpc) is 3.22. The van der Waals surface area contributed by atoms with Crippen molar-refractivity contribution in [2.24, 2.45) is 7.05 Å². The summed E-state index contributed by atoms with van der Waals surface area (Å²) in [5, 5.41) is 21.8. The summed E-state index contributed by atoms with van der Waals surface area (Å²) in [5.74, 6) is -0.442. The molecule has 0 saturated heterocycles. The Labute approximate surface area is 217 Å². The highest BCUT2D eigenvalue weighted by molar-refractivity contribution is 6.32. The lowest BCUT2D eigenvalue weighted by atomic mass is 10.0. The lowest BCUT2D eigenvalue weighted by Gasteiger charge is -2.20. The zero-order valence-electron chi connectivity index (χ0n) is 20.2. The largest absolute Gasteiger partial charge is 0.505 e. The Balaban J connectivity index is 1.68. The minimum atomic E-state index is -4.55. The second kappa shape index (κ2) is 11.7. The monoisotopic (exact) mass is 537 g/mol. The zero-order chi connectivity index (χ0) is 27.3. The molecular formula is C26H27ClF3N3O4. The number of carbonyl (C=O) groups excluding carboxylic acids is 1. The molecule has 0 fully saturated rings. The molecule has 0 saturated carbocycles. The second-order valence-electron chi connectivity index (χ2n) is 8.54. The third-order valence-electron chi connectivity index (χ3n) is 5.64. The predicted octanol–water partition coefficient (Wildman–Crippen LogP) is 5.32. The number of halogens is 4. The van der Waals surface area contributed by atoms with E-state index in [0.717, 1.165) is 18.1 Å². The summed E-state index contributed by atoms with van der Waals surface area (Å²) in [7, 11) is 1.75. The van der Waals surface area contributed by atoms with Crippen molar-refractivity contribution in [3.63, 3.8) is 0 Å². The number of hydrogen-bond donors (Lipinski definition) is 3. The molecule has 0 spiro atoms. The van der Waals surface area contributed by atoms with Gasteiger partial charge in [0.15, 0.2) is 17.7 Å². The topological polar surface area (TPSA) is 96.6 Å². The van der Waals surface area contributed by atoms with E-state index in [9.17, 15) is 28.2 Å². The Hall–Kier alpha value is -3.50. The van der Waals surface area contributed by atoms with Gasteiger partial charge in [0.1, 0.15) is 5.75 Å². The number of ether oxygens (including phenoxy) is 1. The number of carbonyl (C=O) groups is 1. The van der Waals surface area contributed by atoms with Gasteiger partial charge in [0.25, 0.3) is 5.91 Å². The highest BCUT2D eigenvalue weighted by atomic mass is 35.5. The van der Waals surface area contributed by atoms with Crippen LogP contribution in [0.1, 0.15) is 35.1 Å². The number of aliphatic hydroxyl groups excluding tert-OH is 2. The molecule has 2 atom stereocenters. The second-order valence-corrected chi connectivity index (χ2v) is 8.95. The first kappa shape index (κ1) is 28.1. The maximum Gasteiger partial charge on any atom is 0.425 e. The van der Waals surface area contributed by atoms with Crippen LogP contribution in [-0.2, 0) is 13.5 Å². The molecule has 11 heteroatoms. The van der Waals surface area contributed by atoms with Crippen LogP contribution < -0.4 is 10.1 Å². The van der Waals surface area contributed by atoms with Crippen LogP contribution >= 0.6 is 11.6 Å². The number of nitrogens with zero attached hydrogens (tertiary/aromatic N) is 2. The third kappa shape index (κ3) is 7.27. The molecule has 0 aliphatic heterocycles. The first-order valence-corrected chi connectivity index (χ1v) is 11.7. The molecule has 1 amide bonds. The summed E-state index contributed by atoms with van der Waals surface area (Å²) in [6.07, 6.45) is -4.13. The van der Waals surface area contributed by atoms with Gasteiger partial charge >= 0.3 is 6.18 Å². The number of benzene rings is 2. The number of aryl methyl sites for hydroxylation is 1. The maximum atomic E-state index is 12.8. The maximum absolute atomic E-state index is 12.8. The smallest absolute Gasteiger partial charge is 0.425 e. The van der Waals surface area contributed by atoms with E-state index in [1.165, 1.54) is 18.2 Å². The van der Waals surface area contributed by atoms with Crippen molar-refractivity contribution >= 4 is 23.3 Å². The Morgan fingerprint density at radius 2 is 1.92 bits per heavy atom. The van der Waals surface area contributed by atoms with E-state index in [1.54, 1.807) is 17.8 Å². The van der Waals surface area contributed by atoms with Gasteiger partial charge in [-0.25, -0.2) is 4.98 Å². The fourth-order valence-electron chi connectivity index (χ4n) is 3.61. The van der Waals surface area contributed by atoms with Gasteiger partial charge in [0, 0.05) is 37.0 Å². The van der Waals surface area contributed by atoms with E-state index in [2.05, 4.69) is 16.9 Å². The summed E-state index contributed by atoms with van der Waals surface area (Å²) >= 11 is 6.05. The van der Waals surface area contributed by atoms with Crippen molar-refractivity contribution in [3.05, 3.63) is 77.2 Å². The van der Waals surface area contributed by atoms with Crippen molar-refractivity contribution in [1.29, 1.82) is 0 Å². The summed E-state index contributed by atoms with van der Waals surface area (Å²) in [6, 6.07) is 10.8. The van der Waals surface area contributed by atoms with E-state index in [1.807, 2.05) is 24.3 Å². The van der Waals surface area contributed by atoms with Gasteiger partial charge in [-0.15, -0.1) is 0 Å². The molecule has 0 bridgehead atoms. The summed E-state index contributed by atoms with van der Waals surface area (Å²) in [5.41, 5.74) is 2.53. The molecule has 0 aliphatic carbocycles. The average molecular weight is 538 g/mol. The highest BCUT2D eigenvalue weighted by Gasteiger charge is 2.38. The lowest BCUT2D eigenvalue weighted by molar-refractivity contribution is -0.189. The van der Waals surface area contributed by atoms with E-state index in [-0.39, 0.29) is 35.1 Å². The van der Waals surface area contributed by atoms with Crippen molar-refractivity contribution in [2.45, 2.75) is 38.1 Å². The molecule has 7 nitrogen and oxygen atoms in total. The molecule has 1 unspecified atom stereocenters. The first-order chi connectivity index (χ1) is 17.4. The molecule has 37 heavy (non-hydrogen) atoms.